The van der Waals surface area contributed by atoms with Gasteiger partial charge in [-0.2, -0.15) is 0 Å². The van der Waals surface area contributed by atoms with Crippen molar-refractivity contribution in [1.29, 1.82) is 0 Å². The summed E-state index contributed by atoms with van der Waals surface area (Å²) in [5, 5.41) is 0. The van der Waals surface area contributed by atoms with E-state index in [9.17, 15) is 9.59 Å². The molecule has 4 unspecified atom stereocenters. The summed E-state index contributed by atoms with van der Waals surface area (Å²) >= 11 is 0. The molecule has 4 heteroatoms. The van der Waals surface area contributed by atoms with E-state index in [2.05, 4.69) is 27.7 Å². The van der Waals surface area contributed by atoms with Crippen molar-refractivity contribution in [2.75, 3.05) is 0 Å². The van der Waals surface area contributed by atoms with E-state index in [0.29, 0.717) is 37.5 Å². The fourth-order valence-corrected chi connectivity index (χ4v) is 3.66. The van der Waals surface area contributed by atoms with Gasteiger partial charge in [0.2, 0.25) is 0 Å². The van der Waals surface area contributed by atoms with Crippen LogP contribution in [0.5, 0.6) is 0 Å². The topological polar surface area (TPSA) is 52.6 Å². The van der Waals surface area contributed by atoms with E-state index >= 15 is 0 Å². The molecule has 0 spiro atoms. The van der Waals surface area contributed by atoms with Crippen LogP contribution in [-0.4, -0.2) is 24.1 Å². The number of esters is 2. The molecule has 0 saturated carbocycles. The number of carbonyl (C=O) groups excluding carboxylic acids is 2. The van der Waals surface area contributed by atoms with E-state index < -0.39 is 0 Å². The molecule has 0 aliphatic carbocycles. The summed E-state index contributed by atoms with van der Waals surface area (Å²) in [4.78, 5) is 24.0. The van der Waals surface area contributed by atoms with Gasteiger partial charge in [0.1, 0.15) is 0 Å². The normalized spacial score (nSPS) is 15.3. The van der Waals surface area contributed by atoms with Crippen LogP contribution in [0.3, 0.4) is 0 Å². The number of carbonyl (C=O) groups is 2. The highest BCUT2D eigenvalue weighted by Gasteiger charge is 2.14. The Hall–Kier alpha value is -1.06. The lowest BCUT2D eigenvalue weighted by molar-refractivity contribution is -0.151. The number of hydrogen-bond acceptors (Lipinski definition) is 4. The molecular formula is C26H50O4. The zero-order chi connectivity index (χ0) is 22.8. The maximum absolute atomic E-state index is 12.0. The summed E-state index contributed by atoms with van der Waals surface area (Å²) in [6.07, 6.45) is 13.7. The largest absolute Gasteiger partial charge is 0.463 e. The first-order chi connectivity index (χ1) is 14.3. The number of hydrogen-bond donors (Lipinski definition) is 0. The molecule has 0 aliphatic rings. The molecule has 0 aliphatic heterocycles. The van der Waals surface area contributed by atoms with Crippen molar-refractivity contribution < 1.29 is 19.1 Å². The van der Waals surface area contributed by atoms with Crippen LogP contribution >= 0.6 is 0 Å². The minimum absolute atomic E-state index is 0.0212. The first-order valence-electron chi connectivity index (χ1n) is 12.7. The Labute approximate surface area is 186 Å². The molecule has 0 radical (unpaired) electrons. The third-order valence-corrected chi connectivity index (χ3v) is 5.91. The predicted octanol–water partition coefficient (Wildman–Crippen LogP) is 7.62. The van der Waals surface area contributed by atoms with Crippen molar-refractivity contribution in [2.24, 2.45) is 11.8 Å². The van der Waals surface area contributed by atoms with Crippen molar-refractivity contribution >= 4 is 11.9 Å². The summed E-state index contributed by atoms with van der Waals surface area (Å²) in [6, 6.07) is 0. The van der Waals surface area contributed by atoms with Gasteiger partial charge in [0.25, 0.3) is 0 Å². The third-order valence-electron chi connectivity index (χ3n) is 5.91. The lowest BCUT2D eigenvalue weighted by Crippen LogP contribution is -2.17. The van der Waals surface area contributed by atoms with Crippen LogP contribution in [0, 0.1) is 11.8 Å². The van der Waals surface area contributed by atoms with Gasteiger partial charge in [0.15, 0.2) is 0 Å². The maximum Gasteiger partial charge on any atom is 0.306 e. The van der Waals surface area contributed by atoms with Gasteiger partial charge in [-0.05, 0) is 64.2 Å². The van der Waals surface area contributed by atoms with Crippen molar-refractivity contribution in [3.63, 3.8) is 0 Å². The van der Waals surface area contributed by atoms with Crippen molar-refractivity contribution in [3.05, 3.63) is 0 Å². The van der Waals surface area contributed by atoms with E-state index in [4.69, 9.17) is 9.47 Å². The van der Waals surface area contributed by atoms with E-state index in [-0.39, 0.29) is 24.1 Å². The van der Waals surface area contributed by atoms with Gasteiger partial charge in [-0.3, -0.25) is 9.59 Å². The molecule has 178 valence electrons. The minimum Gasteiger partial charge on any atom is -0.463 e. The minimum atomic E-state index is -0.147. The predicted molar refractivity (Wildman–Crippen MR) is 125 cm³/mol. The van der Waals surface area contributed by atoms with Crippen LogP contribution in [0.2, 0.25) is 0 Å². The van der Waals surface area contributed by atoms with E-state index in [1.807, 2.05) is 13.8 Å². The second-order valence-corrected chi connectivity index (χ2v) is 9.46. The second kappa shape index (κ2) is 18.7. The lowest BCUT2D eigenvalue weighted by atomic mass is 9.97. The summed E-state index contributed by atoms with van der Waals surface area (Å²) in [5.74, 6) is 1.09. The van der Waals surface area contributed by atoms with Crippen LogP contribution in [0.15, 0.2) is 0 Å². The first-order valence-corrected chi connectivity index (χ1v) is 12.7. The van der Waals surface area contributed by atoms with Crippen molar-refractivity contribution in [1.82, 2.24) is 0 Å². The smallest absolute Gasteiger partial charge is 0.306 e. The molecule has 0 N–H and O–H groups in total. The summed E-state index contributed by atoms with van der Waals surface area (Å²) < 4.78 is 11.0. The Morgan fingerprint density at radius 1 is 0.567 bits per heavy atom. The van der Waals surface area contributed by atoms with Gasteiger partial charge in [0.05, 0.1) is 12.2 Å². The zero-order valence-corrected chi connectivity index (χ0v) is 20.8. The van der Waals surface area contributed by atoms with Crippen LogP contribution in [0.4, 0.5) is 0 Å². The van der Waals surface area contributed by atoms with Gasteiger partial charge < -0.3 is 9.47 Å². The molecule has 4 atom stereocenters. The van der Waals surface area contributed by atoms with Crippen LogP contribution in [0.1, 0.15) is 131 Å². The Morgan fingerprint density at radius 3 is 1.27 bits per heavy atom. The van der Waals surface area contributed by atoms with Crippen LogP contribution in [0.25, 0.3) is 0 Å². The summed E-state index contributed by atoms with van der Waals surface area (Å²) in [5.41, 5.74) is 0. The molecule has 0 rings (SSSR count). The van der Waals surface area contributed by atoms with Gasteiger partial charge >= 0.3 is 11.9 Å². The SMILES string of the molecule is CCCCC(C)CCC(C)OC(=O)CCCCC(=O)OC(C)CCC(C)CCCC. The average molecular weight is 427 g/mol. The lowest BCUT2D eigenvalue weighted by Gasteiger charge is -2.17. The molecular weight excluding hydrogens is 376 g/mol. The van der Waals surface area contributed by atoms with E-state index in [1.165, 1.54) is 38.5 Å². The van der Waals surface area contributed by atoms with Crippen LogP contribution < -0.4 is 0 Å². The van der Waals surface area contributed by atoms with Gasteiger partial charge in [-0.15, -0.1) is 0 Å². The highest BCUT2D eigenvalue weighted by atomic mass is 16.5. The molecule has 4 nitrogen and oxygen atoms in total. The fraction of sp³-hybridized carbons (Fsp3) is 0.923. The third kappa shape index (κ3) is 17.8. The quantitative estimate of drug-likeness (QED) is 0.157. The molecule has 0 heterocycles. The molecule has 0 fully saturated rings. The number of unbranched alkanes of at least 4 members (excludes halogenated alkanes) is 3. The monoisotopic (exact) mass is 426 g/mol. The van der Waals surface area contributed by atoms with Crippen molar-refractivity contribution in [2.45, 2.75) is 144 Å². The van der Waals surface area contributed by atoms with E-state index in [0.717, 1.165) is 25.7 Å². The number of rotatable bonds is 19. The Balaban J connectivity index is 3.77. The summed E-state index contributed by atoms with van der Waals surface area (Å²) in [7, 11) is 0. The molecule has 30 heavy (non-hydrogen) atoms. The zero-order valence-electron chi connectivity index (χ0n) is 20.8. The Kier molecular flexibility index (Phi) is 18.0. The standard InChI is InChI=1S/C26H50O4/c1-7-9-13-21(3)17-19-23(5)29-25(27)15-11-12-16-26(28)30-24(6)20-18-22(4)14-10-8-2/h21-24H,7-20H2,1-6H3. The molecule has 0 amide bonds. The van der Waals surface area contributed by atoms with Gasteiger partial charge in [0, 0.05) is 12.8 Å². The molecule has 0 bridgehead atoms. The van der Waals surface area contributed by atoms with Gasteiger partial charge in [-0.25, -0.2) is 0 Å². The highest BCUT2D eigenvalue weighted by molar-refractivity contribution is 5.70. The van der Waals surface area contributed by atoms with Gasteiger partial charge in [-0.1, -0.05) is 66.2 Å². The molecule has 0 aromatic rings. The first kappa shape index (κ1) is 28.9. The second-order valence-electron chi connectivity index (χ2n) is 9.46. The Bertz CT molecular complexity index is 395. The maximum atomic E-state index is 12.0. The van der Waals surface area contributed by atoms with Crippen LogP contribution in [-0.2, 0) is 19.1 Å². The Morgan fingerprint density at radius 2 is 0.933 bits per heavy atom. The molecule has 0 saturated heterocycles. The molecule has 0 aromatic heterocycles. The van der Waals surface area contributed by atoms with E-state index in [1.54, 1.807) is 0 Å². The highest BCUT2D eigenvalue weighted by Crippen LogP contribution is 2.18. The van der Waals surface area contributed by atoms with Crippen molar-refractivity contribution in [3.8, 4) is 0 Å². The molecule has 0 aromatic carbocycles. The average Bonchev–Trinajstić information content (AvgIpc) is 2.70. The number of ether oxygens (including phenoxy) is 2. The fourth-order valence-electron chi connectivity index (χ4n) is 3.66. The summed E-state index contributed by atoms with van der Waals surface area (Å²) in [6.45, 7) is 12.9.